The van der Waals surface area contributed by atoms with Crippen LogP contribution in [0.5, 0.6) is 0 Å². The molecule has 0 N–H and O–H groups in total. The summed E-state index contributed by atoms with van der Waals surface area (Å²) in [7, 11) is -1.32. The summed E-state index contributed by atoms with van der Waals surface area (Å²) in [5, 5.41) is 0. The lowest BCUT2D eigenvalue weighted by molar-refractivity contribution is 0.250. The molecule has 0 aromatic carbocycles. The molecule has 1 saturated heterocycles. The van der Waals surface area contributed by atoms with Crippen LogP contribution in [0, 0.1) is 0 Å². The van der Waals surface area contributed by atoms with Gasteiger partial charge in [-0.25, -0.2) is 0 Å². The molecule has 1 fully saturated rings. The zero-order chi connectivity index (χ0) is 9.03. The van der Waals surface area contributed by atoms with E-state index < -0.39 is 8.32 Å². The van der Waals surface area contributed by atoms with Crippen molar-refractivity contribution < 1.29 is 9.16 Å². The molecule has 0 saturated carbocycles. The Kier molecular flexibility index (Phi) is 3.74. The van der Waals surface area contributed by atoms with Crippen LogP contribution >= 0.6 is 0 Å². The van der Waals surface area contributed by atoms with Crippen LogP contribution in [-0.2, 0) is 9.16 Å². The van der Waals surface area contributed by atoms with Gasteiger partial charge in [0.15, 0.2) is 8.32 Å². The fraction of sp³-hybridized carbons (Fsp3) is 1.00. The van der Waals surface area contributed by atoms with Crippen LogP contribution in [0.2, 0.25) is 18.1 Å². The molecule has 1 aliphatic heterocycles. The fourth-order valence-electron chi connectivity index (χ4n) is 1.49. The van der Waals surface area contributed by atoms with E-state index in [1.165, 1.54) is 18.1 Å². The highest BCUT2D eigenvalue weighted by Gasteiger charge is 2.32. The summed E-state index contributed by atoms with van der Waals surface area (Å²) in [6, 6.07) is 3.73. The normalized spacial score (nSPS) is 22.8. The summed E-state index contributed by atoms with van der Waals surface area (Å²) in [5.74, 6) is 0. The number of epoxide rings is 1. The minimum absolute atomic E-state index is 0.432. The largest absolute Gasteiger partial charge is 0.414 e. The van der Waals surface area contributed by atoms with Crippen molar-refractivity contribution in [1.82, 2.24) is 0 Å². The predicted octanol–water partition coefficient (Wildman–Crippen LogP) is 2.41. The summed E-state index contributed by atoms with van der Waals surface area (Å²) < 4.78 is 11.1. The van der Waals surface area contributed by atoms with E-state index in [0.29, 0.717) is 6.10 Å². The van der Waals surface area contributed by atoms with Crippen LogP contribution in [0.15, 0.2) is 0 Å². The second kappa shape index (κ2) is 4.39. The molecule has 1 heterocycles. The molecule has 0 aromatic rings. The first kappa shape index (κ1) is 10.2. The molecule has 0 aromatic heterocycles. The molecule has 3 heteroatoms. The highest BCUT2D eigenvalue weighted by molar-refractivity contribution is 6.73. The minimum atomic E-state index is -1.32. The Hall–Kier alpha value is 0.137. The van der Waals surface area contributed by atoms with Crippen LogP contribution in [0.3, 0.4) is 0 Å². The standard InChI is InChI=1S/C9H20O2Si/c1-4-12(5-2,6-3)11-8-9-7-10-9/h9H,4-8H2,1-3H3/t9-/m1/s1. The van der Waals surface area contributed by atoms with E-state index in [0.717, 1.165) is 13.2 Å². The molecule has 1 aliphatic rings. The van der Waals surface area contributed by atoms with E-state index in [1.54, 1.807) is 0 Å². The second-order valence-electron chi connectivity index (χ2n) is 3.51. The van der Waals surface area contributed by atoms with Crippen LogP contribution in [0.1, 0.15) is 20.8 Å². The van der Waals surface area contributed by atoms with E-state index in [-0.39, 0.29) is 0 Å². The smallest absolute Gasteiger partial charge is 0.192 e. The minimum Gasteiger partial charge on any atom is -0.414 e. The molecule has 0 spiro atoms. The highest BCUT2D eigenvalue weighted by atomic mass is 28.4. The van der Waals surface area contributed by atoms with Crippen molar-refractivity contribution in [2.45, 2.75) is 45.0 Å². The molecule has 0 radical (unpaired) electrons. The summed E-state index contributed by atoms with van der Waals surface area (Å²) in [5.41, 5.74) is 0. The molecule has 0 bridgehead atoms. The maximum absolute atomic E-state index is 6.02. The van der Waals surface area contributed by atoms with Gasteiger partial charge < -0.3 is 9.16 Å². The van der Waals surface area contributed by atoms with Crippen molar-refractivity contribution >= 4 is 8.32 Å². The Morgan fingerprint density at radius 2 is 1.75 bits per heavy atom. The Morgan fingerprint density at radius 1 is 1.25 bits per heavy atom. The van der Waals surface area contributed by atoms with Gasteiger partial charge in [-0.15, -0.1) is 0 Å². The second-order valence-corrected chi connectivity index (χ2v) is 8.29. The molecule has 12 heavy (non-hydrogen) atoms. The molecule has 2 nitrogen and oxygen atoms in total. The monoisotopic (exact) mass is 188 g/mol. The van der Waals surface area contributed by atoms with Gasteiger partial charge in [-0.3, -0.25) is 0 Å². The molecule has 0 unspecified atom stereocenters. The lowest BCUT2D eigenvalue weighted by atomic mass is 10.5. The molecule has 1 rings (SSSR count). The average Bonchev–Trinajstić information content (AvgIpc) is 2.92. The van der Waals surface area contributed by atoms with Crippen LogP contribution in [-0.4, -0.2) is 27.6 Å². The molecule has 0 amide bonds. The van der Waals surface area contributed by atoms with Crippen molar-refractivity contribution in [1.29, 1.82) is 0 Å². The summed E-state index contributed by atoms with van der Waals surface area (Å²) in [4.78, 5) is 0. The number of hydrogen-bond donors (Lipinski definition) is 0. The van der Waals surface area contributed by atoms with Gasteiger partial charge in [0.1, 0.15) is 6.10 Å². The molecule has 0 aliphatic carbocycles. The predicted molar refractivity (Wildman–Crippen MR) is 52.9 cm³/mol. The number of ether oxygens (including phenoxy) is 1. The summed E-state index contributed by atoms with van der Waals surface area (Å²) in [6.45, 7) is 8.54. The molecule has 72 valence electrons. The van der Waals surface area contributed by atoms with Crippen LogP contribution < -0.4 is 0 Å². The van der Waals surface area contributed by atoms with Gasteiger partial charge in [-0.1, -0.05) is 20.8 Å². The van der Waals surface area contributed by atoms with Gasteiger partial charge in [0.05, 0.1) is 13.2 Å². The number of rotatable bonds is 6. The highest BCUT2D eigenvalue weighted by Crippen LogP contribution is 2.23. The van der Waals surface area contributed by atoms with Crippen molar-refractivity contribution in [2.24, 2.45) is 0 Å². The van der Waals surface area contributed by atoms with Crippen molar-refractivity contribution in [3.63, 3.8) is 0 Å². The third-order valence-corrected chi connectivity index (χ3v) is 7.56. The van der Waals surface area contributed by atoms with Gasteiger partial charge in [0.2, 0.25) is 0 Å². The van der Waals surface area contributed by atoms with E-state index in [4.69, 9.17) is 9.16 Å². The first-order chi connectivity index (χ1) is 5.76. The first-order valence-corrected chi connectivity index (χ1v) is 7.55. The zero-order valence-corrected chi connectivity index (χ0v) is 9.43. The van der Waals surface area contributed by atoms with Gasteiger partial charge in [0.25, 0.3) is 0 Å². The first-order valence-electron chi connectivity index (χ1n) is 5.02. The van der Waals surface area contributed by atoms with Gasteiger partial charge in [-0.2, -0.15) is 0 Å². The Morgan fingerprint density at radius 3 is 2.08 bits per heavy atom. The van der Waals surface area contributed by atoms with E-state index >= 15 is 0 Å². The van der Waals surface area contributed by atoms with Crippen LogP contribution in [0.4, 0.5) is 0 Å². The third kappa shape index (κ3) is 2.57. The quantitative estimate of drug-likeness (QED) is 0.471. The van der Waals surface area contributed by atoms with Crippen LogP contribution in [0.25, 0.3) is 0 Å². The Balaban J connectivity index is 2.28. The van der Waals surface area contributed by atoms with E-state index in [9.17, 15) is 0 Å². The van der Waals surface area contributed by atoms with Gasteiger partial charge >= 0.3 is 0 Å². The lowest BCUT2D eigenvalue weighted by Crippen LogP contribution is -2.36. The number of hydrogen-bond acceptors (Lipinski definition) is 2. The van der Waals surface area contributed by atoms with Gasteiger partial charge in [-0.05, 0) is 18.1 Å². The fourth-order valence-corrected chi connectivity index (χ4v) is 4.14. The van der Waals surface area contributed by atoms with Gasteiger partial charge in [0, 0.05) is 0 Å². The maximum Gasteiger partial charge on any atom is 0.192 e. The Labute approximate surface area is 76.4 Å². The molecule has 1 atom stereocenters. The summed E-state index contributed by atoms with van der Waals surface area (Å²) >= 11 is 0. The third-order valence-electron chi connectivity index (χ3n) is 2.91. The lowest BCUT2D eigenvalue weighted by Gasteiger charge is -2.27. The van der Waals surface area contributed by atoms with E-state index in [1.807, 2.05) is 0 Å². The molecular weight excluding hydrogens is 168 g/mol. The molecular formula is C9H20O2Si. The zero-order valence-electron chi connectivity index (χ0n) is 8.43. The van der Waals surface area contributed by atoms with Crippen molar-refractivity contribution in [3.05, 3.63) is 0 Å². The summed E-state index contributed by atoms with van der Waals surface area (Å²) in [6.07, 6.45) is 0.432. The maximum atomic E-state index is 6.02. The Bertz CT molecular complexity index is 122. The average molecular weight is 188 g/mol. The van der Waals surface area contributed by atoms with E-state index in [2.05, 4.69) is 20.8 Å². The van der Waals surface area contributed by atoms with Crippen molar-refractivity contribution in [2.75, 3.05) is 13.2 Å². The van der Waals surface area contributed by atoms with Crippen molar-refractivity contribution in [3.8, 4) is 0 Å². The topological polar surface area (TPSA) is 21.8 Å². The SMILES string of the molecule is CC[Si](CC)(CC)OC[C@H]1CO1.